The summed E-state index contributed by atoms with van der Waals surface area (Å²) in [5, 5.41) is 3.12. The Morgan fingerprint density at radius 2 is 1.63 bits per heavy atom. The van der Waals surface area contributed by atoms with E-state index in [0.717, 1.165) is 6.29 Å². The van der Waals surface area contributed by atoms with Gasteiger partial charge in [-0.3, -0.25) is 4.57 Å². The average molecular weight is 293 g/mol. The minimum atomic E-state index is -3.07. The van der Waals surface area contributed by atoms with Crippen molar-refractivity contribution in [1.82, 2.24) is 5.32 Å². The molecule has 0 amide bonds. The molecule has 0 spiro atoms. The van der Waals surface area contributed by atoms with E-state index in [1.807, 2.05) is 41.5 Å². The molecular formula is C13H28NO4P. The summed E-state index contributed by atoms with van der Waals surface area (Å²) in [5.41, 5.74) is -0.415. The van der Waals surface area contributed by atoms with Gasteiger partial charge in [-0.2, -0.15) is 0 Å². The summed E-state index contributed by atoms with van der Waals surface area (Å²) in [7, 11) is -3.07. The fourth-order valence-corrected chi connectivity index (χ4v) is 3.42. The monoisotopic (exact) mass is 293 g/mol. The summed E-state index contributed by atoms with van der Waals surface area (Å²) in [4.78, 5) is 10.8. The van der Waals surface area contributed by atoms with Crippen LogP contribution in [0.4, 0.5) is 0 Å². The van der Waals surface area contributed by atoms with Gasteiger partial charge in [0.1, 0.15) is 6.29 Å². The van der Waals surface area contributed by atoms with Crippen molar-refractivity contribution in [3.63, 3.8) is 0 Å². The maximum absolute atomic E-state index is 12.5. The van der Waals surface area contributed by atoms with Gasteiger partial charge in [0.15, 0.2) is 0 Å². The van der Waals surface area contributed by atoms with Gasteiger partial charge in [0.2, 0.25) is 0 Å². The first-order valence-corrected chi connectivity index (χ1v) is 8.46. The van der Waals surface area contributed by atoms with Crippen LogP contribution in [0.15, 0.2) is 0 Å². The van der Waals surface area contributed by atoms with E-state index >= 15 is 0 Å². The van der Waals surface area contributed by atoms with Crippen molar-refractivity contribution in [2.75, 3.05) is 19.3 Å². The van der Waals surface area contributed by atoms with Crippen molar-refractivity contribution in [2.24, 2.45) is 5.41 Å². The van der Waals surface area contributed by atoms with Crippen LogP contribution in [0.25, 0.3) is 0 Å². The number of aldehydes is 1. The van der Waals surface area contributed by atoms with Gasteiger partial charge in [-0.25, -0.2) is 0 Å². The van der Waals surface area contributed by atoms with Crippen LogP contribution < -0.4 is 5.32 Å². The minimum Gasteiger partial charge on any atom is -0.315 e. The summed E-state index contributed by atoms with van der Waals surface area (Å²) in [6, 6.07) is 0. The van der Waals surface area contributed by atoms with Gasteiger partial charge in [-0.05, 0) is 27.7 Å². The molecule has 0 aromatic carbocycles. The van der Waals surface area contributed by atoms with Gasteiger partial charge in [-0.15, -0.1) is 0 Å². The molecule has 0 aliphatic carbocycles. The molecule has 0 saturated carbocycles. The summed E-state index contributed by atoms with van der Waals surface area (Å²) in [6.07, 6.45) is 0.930. The van der Waals surface area contributed by atoms with E-state index in [9.17, 15) is 9.36 Å². The lowest BCUT2D eigenvalue weighted by molar-refractivity contribution is -0.114. The Labute approximate surface area is 117 Å². The molecule has 0 aromatic rings. The third kappa shape index (κ3) is 9.33. The lowest BCUT2D eigenvalue weighted by Crippen LogP contribution is -2.32. The molecule has 0 aliphatic rings. The Morgan fingerprint density at radius 3 is 2.00 bits per heavy atom. The lowest BCUT2D eigenvalue weighted by Gasteiger charge is -2.24. The van der Waals surface area contributed by atoms with Crippen LogP contribution in [0.2, 0.25) is 0 Å². The molecule has 114 valence electrons. The van der Waals surface area contributed by atoms with Crippen molar-refractivity contribution in [3.05, 3.63) is 0 Å². The van der Waals surface area contributed by atoms with Crippen molar-refractivity contribution >= 4 is 13.9 Å². The molecule has 19 heavy (non-hydrogen) atoms. The zero-order chi connectivity index (χ0) is 15.1. The topological polar surface area (TPSA) is 64.6 Å². The van der Waals surface area contributed by atoms with E-state index < -0.39 is 13.0 Å². The predicted molar refractivity (Wildman–Crippen MR) is 77.6 cm³/mol. The van der Waals surface area contributed by atoms with E-state index in [-0.39, 0.29) is 12.2 Å². The number of hydrogen-bond donors (Lipinski definition) is 1. The molecule has 0 aliphatic heterocycles. The highest BCUT2D eigenvalue weighted by Crippen LogP contribution is 2.49. The van der Waals surface area contributed by atoms with Crippen molar-refractivity contribution in [2.45, 2.75) is 53.8 Å². The Balaban J connectivity index is 4.28. The third-order valence-electron chi connectivity index (χ3n) is 2.20. The Morgan fingerprint density at radius 1 is 1.16 bits per heavy atom. The van der Waals surface area contributed by atoms with Gasteiger partial charge in [-0.1, -0.05) is 13.8 Å². The van der Waals surface area contributed by atoms with E-state index in [4.69, 9.17) is 9.05 Å². The van der Waals surface area contributed by atoms with Gasteiger partial charge >= 0.3 is 7.60 Å². The molecule has 0 unspecified atom stereocenters. The first-order valence-electron chi connectivity index (χ1n) is 6.73. The quantitative estimate of drug-likeness (QED) is 0.381. The average Bonchev–Trinajstić information content (AvgIpc) is 2.22. The largest absolute Gasteiger partial charge is 0.332 e. The highest BCUT2D eigenvalue weighted by molar-refractivity contribution is 7.53. The molecule has 0 aromatic heterocycles. The van der Waals surface area contributed by atoms with Gasteiger partial charge < -0.3 is 19.2 Å². The summed E-state index contributed by atoms with van der Waals surface area (Å²) < 4.78 is 23.3. The standard InChI is InChI=1S/C13H28NO4P/c1-11(2)17-19(16,18-12(3)4)8-7-14-9-13(5,6)10-15/h10-12,14H,7-9H2,1-6H3. The second-order valence-electron chi connectivity index (χ2n) is 5.93. The molecule has 0 fully saturated rings. The zero-order valence-electron chi connectivity index (χ0n) is 12.9. The van der Waals surface area contributed by atoms with Crippen molar-refractivity contribution in [1.29, 1.82) is 0 Å². The number of carbonyl (C=O) groups is 1. The maximum atomic E-state index is 12.5. The molecule has 0 bridgehead atoms. The maximum Gasteiger partial charge on any atom is 0.332 e. The number of nitrogens with one attached hydrogen (secondary N) is 1. The van der Waals surface area contributed by atoms with Crippen LogP contribution >= 0.6 is 7.60 Å². The summed E-state index contributed by atoms with van der Waals surface area (Å²) >= 11 is 0. The third-order valence-corrected chi connectivity index (χ3v) is 4.46. The second-order valence-corrected chi connectivity index (χ2v) is 8.02. The highest BCUT2D eigenvalue weighted by Gasteiger charge is 2.27. The smallest absolute Gasteiger partial charge is 0.315 e. The number of rotatable bonds is 10. The van der Waals surface area contributed by atoms with Crippen LogP contribution in [0.3, 0.4) is 0 Å². The molecule has 0 heterocycles. The zero-order valence-corrected chi connectivity index (χ0v) is 13.8. The summed E-state index contributed by atoms with van der Waals surface area (Å²) in [6.45, 7) is 12.1. The Hall–Kier alpha value is -0.220. The van der Waals surface area contributed by atoms with Gasteiger partial charge in [0.25, 0.3) is 0 Å². The Bertz CT molecular complexity index is 302. The molecule has 5 nitrogen and oxygen atoms in total. The van der Waals surface area contributed by atoms with Crippen LogP contribution in [0.1, 0.15) is 41.5 Å². The van der Waals surface area contributed by atoms with E-state index in [2.05, 4.69) is 5.32 Å². The van der Waals surface area contributed by atoms with Crippen molar-refractivity contribution < 1.29 is 18.4 Å². The Kier molecular flexibility index (Phi) is 8.06. The molecule has 0 rings (SSSR count). The van der Waals surface area contributed by atoms with Crippen molar-refractivity contribution in [3.8, 4) is 0 Å². The van der Waals surface area contributed by atoms with Gasteiger partial charge in [0, 0.05) is 18.5 Å². The SMILES string of the molecule is CC(C)OP(=O)(CCNCC(C)(C)C=O)OC(C)C. The van der Waals surface area contributed by atoms with E-state index in [1.165, 1.54) is 0 Å². The van der Waals surface area contributed by atoms with E-state index in [0.29, 0.717) is 19.3 Å². The predicted octanol–water partition coefficient (Wildman–Crippen LogP) is 2.84. The number of carbonyl (C=O) groups excluding carboxylic acids is 1. The fourth-order valence-electron chi connectivity index (χ4n) is 1.44. The first-order chi connectivity index (χ1) is 8.60. The van der Waals surface area contributed by atoms with Crippen LogP contribution in [0, 0.1) is 5.41 Å². The number of hydrogen-bond acceptors (Lipinski definition) is 5. The normalized spacial score (nSPS) is 13.3. The van der Waals surface area contributed by atoms with Crippen LogP contribution in [-0.2, 0) is 18.4 Å². The lowest BCUT2D eigenvalue weighted by atomic mass is 9.96. The van der Waals surface area contributed by atoms with Gasteiger partial charge in [0.05, 0.1) is 18.4 Å². The van der Waals surface area contributed by atoms with E-state index in [1.54, 1.807) is 0 Å². The molecule has 0 saturated heterocycles. The minimum absolute atomic E-state index is 0.143. The highest BCUT2D eigenvalue weighted by atomic mass is 31.2. The molecule has 0 radical (unpaired) electrons. The molecule has 0 atom stereocenters. The molecule has 1 N–H and O–H groups in total. The summed E-state index contributed by atoms with van der Waals surface area (Å²) in [5.74, 6) is 0. The molecule has 6 heteroatoms. The fraction of sp³-hybridized carbons (Fsp3) is 0.923. The first kappa shape index (κ1) is 18.8. The molecular weight excluding hydrogens is 265 g/mol. The second kappa shape index (κ2) is 8.15. The van der Waals surface area contributed by atoms with Crippen LogP contribution in [0.5, 0.6) is 0 Å². The van der Waals surface area contributed by atoms with Crippen LogP contribution in [-0.4, -0.2) is 37.7 Å².